The Kier molecular flexibility index (Phi) is 14.6. The zero-order valence-corrected chi connectivity index (χ0v) is 37.5. The second-order valence-electron chi connectivity index (χ2n) is 13.9. The maximum atomic E-state index is 15.5. The summed E-state index contributed by atoms with van der Waals surface area (Å²) in [5.74, 6) is 1.66. The molecule has 1 amide bonds. The van der Waals surface area contributed by atoms with Gasteiger partial charge in [-0.3, -0.25) is 0 Å². The maximum absolute atomic E-state index is 15.5. The van der Waals surface area contributed by atoms with Gasteiger partial charge in [-0.2, -0.15) is 9.10 Å². The average molecular weight is 982 g/mol. The van der Waals surface area contributed by atoms with Gasteiger partial charge in [-0.05, 0) is 106 Å². The lowest BCUT2D eigenvalue weighted by atomic mass is 10.2. The third kappa shape index (κ3) is 11.2. The summed E-state index contributed by atoms with van der Waals surface area (Å²) in [6.07, 6.45) is -1.26. The number of ether oxygens (including phenoxy) is 3. The van der Waals surface area contributed by atoms with Gasteiger partial charge in [0.05, 0.1) is 33.4 Å². The molecule has 0 unspecified atom stereocenters. The van der Waals surface area contributed by atoms with Gasteiger partial charge in [-0.25, -0.2) is 26.4 Å². The summed E-state index contributed by atoms with van der Waals surface area (Å²) >= 11 is 1.93. The van der Waals surface area contributed by atoms with Crippen molar-refractivity contribution in [2.45, 2.75) is 48.9 Å². The fraction of sp³-hybridized carbons (Fsp3) is 0.238. The van der Waals surface area contributed by atoms with Crippen LogP contribution in [0.25, 0.3) is 11.4 Å². The van der Waals surface area contributed by atoms with Crippen LogP contribution in [0.5, 0.6) is 17.2 Å². The molecule has 19 heteroatoms. The molecule has 1 heterocycles. The van der Waals surface area contributed by atoms with Crippen molar-refractivity contribution in [3.8, 4) is 28.6 Å². The van der Waals surface area contributed by atoms with Crippen LogP contribution in [0.4, 0.5) is 4.79 Å². The largest absolute Gasteiger partial charge is 0.497 e. The standard InChI is InChI=1S/C42H44IN7O9S2/c1-29(24-48(42(51)52)25-30-8-6-5-7-9-30)46-60(53,54)38-23-22-37(43)39(41-44-47-50(45-41)28-33-14-20-36(59-4)21-15-33)40(38)61(55,56)49(26-31-10-16-34(57-2)17-11-31)27-32-12-18-35(58-3)19-13-32/h5-23,29,46H,24-28H2,1-4H3,(H,51,52)/t29-/m0/s1. The van der Waals surface area contributed by atoms with Gasteiger partial charge in [0.1, 0.15) is 27.0 Å². The summed E-state index contributed by atoms with van der Waals surface area (Å²) in [4.78, 5) is 13.5. The van der Waals surface area contributed by atoms with Gasteiger partial charge in [0, 0.05) is 35.8 Å². The van der Waals surface area contributed by atoms with E-state index in [1.807, 2.05) is 34.7 Å². The first-order valence-corrected chi connectivity index (χ1v) is 22.7. The number of sulfonamides is 2. The minimum absolute atomic E-state index is 0.000908. The number of hydrogen-bond donors (Lipinski definition) is 2. The number of carbonyl (C=O) groups is 1. The normalized spacial score (nSPS) is 12.2. The lowest BCUT2D eigenvalue weighted by Gasteiger charge is -2.27. The lowest BCUT2D eigenvalue weighted by Crippen LogP contribution is -2.44. The van der Waals surface area contributed by atoms with E-state index in [2.05, 4.69) is 20.1 Å². The quantitative estimate of drug-likeness (QED) is 0.0867. The fourth-order valence-electron chi connectivity index (χ4n) is 6.45. The Morgan fingerprint density at radius 3 is 1.75 bits per heavy atom. The van der Waals surface area contributed by atoms with E-state index in [0.29, 0.717) is 37.5 Å². The van der Waals surface area contributed by atoms with Crippen LogP contribution in [0.15, 0.2) is 125 Å². The molecule has 0 radical (unpaired) electrons. The second-order valence-corrected chi connectivity index (χ2v) is 18.6. The molecule has 320 valence electrons. The monoisotopic (exact) mass is 981 g/mol. The van der Waals surface area contributed by atoms with E-state index in [1.165, 1.54) is 42.4 Å². The van der Waals surface area contributed by atoms with E-state index in [4.69, 9.17) is 14.2 Å². The SMILES string of the molecule is COc1ccc(CN(Cc2ccc(OC)cc2)S(=O)(=O)c2c(S(=O)(=O)N[C@@H](C)CN(Cc3ccccc3)C(=O)O)ccc(I)c2-c2nnn(Cc3ccc(OC)cc3)n2)cc1. The molecule has 2 N–H and O–H groups in total. The molecule has 0 aliphatic rings. The highest BCUT2D eigenvalue weighted by atomic mass is 127. The van der Waals surface area contributed by atoms with Gasteiger partial charge >= 0.3 is 6.09 Å². The Morgan fingerprint density at radius 1 is 0.738 bits per heavy atom. The number of rotatable bonds is 19. The van der Waals surface area contributed by atoms with Gasteiger partial charge in [0.2, 0.25) is 25.9 Å². The number of hydrogen-bond acceptors (Lipinski definition) is 11. The maximum Gasteiger partial charge on any atom is 0.407 e. The molecular formula is C42H44IN7O9S2. The molecule has 0 bridgehead atoms. The van der Waals surface area contributed by atoms with Crippen LogP contribution >= 0.6 is 22.6 Å². The zero-order valence-electron chi connectivity index (χ0n) is 33.7. The minimum atomic E-state index is -4.80. The first-order chi connectivity index (χ1) is 29.2. The summed E-state index contributed by atoms with van der Waals surface area (Å²) in [6.45, 7) is 1.09. The predicted octanol–water partition coefficient (Wildman–Crippen LogP) is 6.26. The van der Waals surface area contributed by atoms with Gasteiger partial charge in [0.25, 0.3) is 0 Å². The molecule has 6 rings (SSSR count). The Morgan fingerprint density at radius 2 is 1.25 bits per heavy atom. The van der Waals surface area contributed by atoms with E-state index in [9.17, 15) is 18.3 Å². The highest BCUT2D eigenvalue weighted by molar-refractivity contribution is 14.1. The molecule has 0 saturated carbocycles. The molecule has 61 heavy (non-hydrogen) atoms. The number of amides is 1. The number of aromatic nitrogens is 4. The molecule has 5 aromatic carbocycles. The van der Waals surface area contributed by atoms with Gasteiger partial charge < -0.3 is 24.2 Å². The highest BCUT2D eigenvalue weighted by Crippen LogP contribution is 2.38. The summed E-state index contributed by atoms with van der Waals surface area (Å²) < 4.78 is 80.3. The number of benzene rings is 5. The predicted molar refractivity (Wildman–Crippen MR) is 235 cm³/mol. The van der Waals surface area contributed by atoms with Gasteiger partial charge in [0.15, 0.2) is 0 Å². The van der Waals surface area contributed by atoms with Crippen LogP contribution in [-0.2, 0) is 46.2 Å². The summed E-state index contributed by atoms with van der Waals surface area (Å²) in [7, 11) is -4.92. The van der Waals surface area contributed by atoms with Crippen LogP contribution in [-0.4, -0.2) is 91.4 Å². The minimum Gasteiger partial charge on any atom is -0.497 e. The van der Waals surface area contributed by atoms with Crippen LogP contribution in [0.3, 0.4) is 0 Å². The first kappa shape index (κ1) is 44.9. The van der Waals surface area contributed by atoms with Crippen LogP contribution in [0, 0.1) is 3.57 Å². The number of halogens is 1. The molecule has 0 aliphatic carbocycles. The summed E-state index contributed by atoms with van der Waals surface area (Å²) in [6, 6.07) is 31.5. The summed E-state index contributed by atoms with van der Waals surface area (Å²) in [5, 5.41) is 23.1. The topological polar surface area (TPSA) is 195 Å². The number of carboxylic acid groups (broad SMARTS) is 1. The van der Waals surface area contributed by atoms with Gasteiger partial charge in [-0.15, -0.1) is 10.2 Å². The van der Waals surface area contributed by atoms with Crippen molar-refractivity contribution in [1.29, 1.82) is 0 Å². The zero-order chi connectivity index (χ0) is 43.7. The fourth-order valence-corrected chi connectivity index (χ4v) is 11.0. The molecule has 0 fully saturated rings. The first-order valence-electron chi connectivity index (χ1n) is 18.7. The van der Waals surface area contributed by atoms with Crippen LogP contribution in [0.2, 0.25) is 0 Å². The van der Waals surface area contributed by atoms with Crippen molar-refractivity contribution in [1.82, 2.24) is 34.1 Å². The summed E-state index contributed by atoms with van der Waals surface area (Å²) in [5.41, 5.74) is 2.61. The third-order valence-electron chi connectivity index (χ3n) is 9.49. The molecule has 1 atom stereocenters. The smallest absolute Gasteiger partial charge is 0.407 e. The molecule has 0 spiro atoms. The Labute approximate surface area is 368 Å². The third-order valence-corrected chi connectivity index (χ3v) is 14.0. The molecule has 6 aromatic rings. The van der Waals surface area contributed by atoms with Crippen molar-refractivity contribution in [3.63, 3.8) is 0 Å². The highest BCUT2D eigenvalue weighted by Gasteiger charge is 2.38. The van der Waals surface area contributed by atoms with E-state index in [1.54, 1.807) is 98.1 Å². The molecule has 16 nitrogen and oxygen atoms in total. The van der Waals surface area contributed by atoms with E-state index < -0.39 is 42.0 Å². The number of methoxy groups -OCH3 is 3. The van der Waals surface area contributed by atoms with E-state index in [0.717, 1.165) is 10.5 Å². The van der Waals surface area contributed by atoms with E-state index in [-0.39, 0.29) is 44.1 Å². The van der Waals surface area contributed by atoms with Crippen molar-refractivity contribution in [3.05, 3.63) is 141 Å². The number of nitrogens with one attached hydrogen (secondary N) is 1. The number of tetrazole rings is 1. The van der Waals surface area contributed by atoms with Crippen molar-refractivity contribution >= 4 is 48.7 Å². The second kappa shape index (κ2) is 19.8. The molecule has 1 aromatic heterocycles. The molecule has 0 saturated heterocycles. The van der Waals surface area contributed by atoms with Crippen molar-refractivity contribution in [2.24, 2.45) is 0 Å². The Hall–Kier alpha value is -5.61. The Balaban J connectivity index is 1.46. The molecular weight excluding hydrogens is 938 g/mol. The van der Waals surface area contributed by atoms with Crippen molar-refractivity contribution < 1.29 is 40.9 Å². The van der Waals surface area contributed by atoms with Gasteiger partial charge in [-0.1, -0.05) is 66.7 Å². The molecule has 0 aliphatic heterocycles. The van der Waals surface area contributed by atoms with E-state index >= 15 is 8.42 Å². The van der Waals surface area contributed by atoms with Crippen molar-refractivity contribution in [2.75, 3.05) is 27.9 Å². The number of nitrogens with zero attached hydrogens (tertiary/aromatic N) is 6. The van der Waals surface area contributed by atoms with Crippen LogP contribution < -0.4 is 18.9 Å². The van der Waals surface area contributed by atoms with Crippen LogP contribution in [0.1, 0.15) is 29.2 Å². The lowest BCUT2D eigenvalue weighted by molar-refractivity contribution is 0.139. The Bertz CT molecular complexity index is 2600. The average Bonchev–Trinajstić information content (AvgIpc) is 3.71.